The minimum absolute atomic E-state index is 0.108. The van der Waals surface area contributed by atoms with Crippen LogP contribution in [0.2, 0.25) is 0 Å². The van der Waals surface area contributed by atoms with Crippen LogP contribution in [0.25, 0.3) is 0 Å². The van der Waals surface area contributed by atoms with Crippen LogP contribution < -0.4 is 0 Å². The maximum absolute atomic E-state index is 12.0. The molecule has 0 aliphatic heterocycles. The number of methoxy groups -OCH3 is 1. The summed E-state index contributed by atoms with van der Waals surface area (Å²) in [5.74, 6) is 0.273. The van der Waals surface area contributed by atoms with Crippen molar-refractivity contribution in [2.24, 2.45) is 5.92 Å². The molecule has 4 heteroatoms. The van der Waals surface area contributed by atoms with Gasteiger partial charge in [0.1, 0.15) is 0 Å². The van der Waals surface area contributed by atoms with Crippen LogP contribution in [0, 0.1) is 5.92 Å². The van der Waals surface area contributed by atoms with Crippen molar-refractivity contribution in [1.82, 2.24) is 0 Å². The molecule has 0 unspecified atom stereocenters. The van der Waals surface area contributed by atoms with Crippen LogP contribution in [0.1, 0.15) is 45.4 Å². The SMILES string of the molecule is CC/C=C\C/C=C/C=C1/C(=O)C=C[C@@H]1C/C=C\CCCCOC(=O)OC. The number of carbonyl (C=O) groups is 2. The van der Waals surface area contributed by atoms with Gasteiger partial charge in [-0.3, -0.25) is 4.79 Å². The number of allylic oxidation sites excluding steroid dienone is 10. The second-order valence-electron chi connectivity index (χ2n) is 6.00. The van der Waals surface area contributed by atoms with E-state index in [1.54, 1.807) is 6.08 Å². The third kappa shape index (κ3) is 9.21. The third-order valence-electron chi connectivity index (χ3n) is 3.96. The molecule has 0 N–H and O–H groups in total. The normalized spacial score (nSPS) is 18.8. The van der Waals surface area contributed by atoms with E-state index in [-0.39, 0.29) is 11.7 Å². The predicted molar refractivity (Wildman–Crippen MR) is 105 cm³/mol. The summed E-state index contributed by atoms with van der Waals surface area (Å²) in [5, 5.41) is 0. The van der Waals surface area contributed by atoms with Gasteiger partial charge in [0.05, 0.1) is 13.7 Å². The van der Waals surface area contributed by atoms with Crippen molar-refractivity contribution in [2.45, 2.75) is 45.4 Å². The molecule has 1 rings (SSSR count). The zero-order valence-corrected chi connectivity index (χ0v) is 15.9. The maximum Gasteiger partial charge on any atom is 0.507 e. The molecule has 0 saturated carbocycles. The van der Waals surface area contributed by atoms with Crippen LogP contribution in [-0.2, 0) is 14.3 Å². The standard InChI is InChI=1S/C22H30O4/c1-3-4-5-6-9-12-15-20-19(16-17-21(20)23)14-11-8-7-10-13-18-26-22(24)25-2/h4-5,8-9,11-12,15-17,19H,3,6-7,10,13-14,18H2,1-2H3/b5-4-,11-8-,12-9+,20-15+/t19-/m0/s1. The first-order valence-electron chi connectivity index (χ1n) is 9.29. The molecule has 142 valence electrons. The Hall–Kier alpha value is -2.36. The van der Waals surface area contributed by atoms with Crippen molar-refractivity contribution in [3.63, 3.8) is 0 Å². The van der Waals surface area contributed by atoms with Gasteiger partial charge in [0.2, 0.25) is 0 Å². The third-order valence-corrected chi connectivity index (χ3v) is 3.96. The van der Waals surface area contributed by atoms with E-state index in [0.717, 1.165) is 44.1 Å². The van der Waals surface area contributed by atoms with Gasteiger partial charge in [-0.05, 0) is 44.6 Å². The van der Waals surface area contributed by atoms with Crippen molar-refractivity contribution >= 4 is 11.9 Å². The Morgan fingerprint density at radius 3 is 2.77 bits per heavy atom. The lowest BCUT2D eigenvalue weighted by Gasteiger charge is -2.06. The van der Waals surface area contributed by atoms with E-state index in [4.69, 9.17) is 4.74 Å². The van der Waals surface area contributed by atoms with Crippen LogP contribution in [0.3, 0.4) is 0 Å². The molecule has 0 bridgehead atoms. The van der Waals surface area contributed by atoms with E-state index in [1.807, 2.05) is 18.2 Å². The molecular formula is C22H30O4. The van der Waals surface area contributed by atoms with Crippen molar-refractivity contribution in [2.75, 3.05) is 13.7 Å². The minimum Gasteiger partial charge on any atom is -0.438 e. The first-order chi connectivity index (χ1) is 12.7. The average Bonchev–Trinajstić information content (AvgIpc) is 2.99. The van der Waals surface area contributed by atoms with Gasteiger partial charge in [0, 0.05) is 11.5 Å². The Balaban J connectivity index is 2.29. The van der Waals surface area contributed by atoms with E-state index in [9.17, 15) is 9.59 Å². The van der Waals surface area contributed by atoms with E-state index >= 15 is 0 Å². The number of ketones is 1. The summed E-state index contributed by atoms with van der Waals surface area (Å²) in [6.45, 7) is 2.49. The van der Waals surface area contributed by atoms with Gasteiger partial charge >= 0.3 is 6.16 Å². The van der Waals surface area contributed by atoms with Crippen LogP contribution in [0.4, 0.5) is 4.79 Å². The number of ether oxygens (including phenoxy) is 2. The molecule has 1 atom stereocenters. The first kappa shape index (κ1) is 21.7. The minimum atomic E-state index is -0.631. The zero-order chi connectivity index (χ0) is 19.0. The molecule has 0 aromatic rings. The maximum atomic E-state index is 12.0. The Kier molecular flexibility index (Phi) is 11.6. The van der Waals surface area contributed by atoms with Crippen molar-refractivity contribution in [3.8, 4) is 0 Å². The molecule has 0 amide bonds. The summed E-state index contributed by atoms with van der Waals surface area (Å²) < 4.78 is 9.22. The molecule has 0 aromatic heterocycles. The molecule has 1 aliphatic rings. The number of hydrogen-bond acceptors (Lipinski definition) is 4. The van der Waals surface area contributed by atoms with Crippen molar-refractivity contribution in [3.05, 3.63) is 60.3 Å². The smallest absolute Gasteiger partial charge is 0.438 e. The lowest BCUT2D eigenvalue weighted by Crippen LogP contribution is -2.05. The van der Waals surface area contributed by atoms with Gasteiger partial charge in [-0.15, -0.1) is 0 Å². The predicted octanol–water partition coefficient (Wildman–Crippen LogP) is 5.48. The summed E-state index contributed by atoms with van der Waals surface area (Å²) in [4.78, 5) is 22.7. The number of hydrogen-bond donors (Lipinski definition) is 0. The fourth-order valence-corrected chi connectivity index (χ4v) is 2.53. The largest absolute Gasteiger partial charge is 0.507 e. The highest BCUT2D eigenvalue weighted by atomic mass is 16.7. The monoisotopic (exact) mass is 358 g/mol. The fraction of sp³-hybridized carbons (Fsp3) is 0.455. The average molecular weight is 358 g/mol. The summed E-state index contributed by atoms with van der Waals surface area (Å²) in [6, 6.07) is 0. The topological polar surface area (TPSA) is 52.6 Å². The second-order valence-corrected chi connectivity index (χ2v) is 6.00. The summed E-state index contributed by atoms with van der Waals surface area (Å²) in [6.07, 6.45) is 22.9. The molecule has 0 heterocycles. The Morgan fingerprint density at radius 2 is 2.00 bits per heavy atom. The molecule has 0 saturated heterocycles. The van der Waals surface area contributed by atoms with Gasteiger partial charge in [0.25, 0.3) is 0 Å². The van der Waals surface area contributed by atoms with E-state index in [0.29, 0.717) is 6.61 Å². The Bertz CT molecular complexity index is 579. The number of unbranched alkanes of at least 4 members (excludes halogenated alkanes) is 2. The van der Waals surface area contributed by atoms with Gasteiger partial charge in [-0.25, -0.2) is 4.79 Å². The Morgan fingerprint density at radius 1 is 1.15 bits per heavy atom. The highest BCUT2D eigenvalue weighted by Crippen LogP contribution is 2.25. The lowest BCUT2D eigenvalue weighted by molar-refractivity contribution is -0.111. The van der Waals surface area contributed by atoms with Gasteiger partial charge < -0.3 is 9.47 Å². The van der Waals surface area contributed by atoms with Gasteiger partial charge in [-0.1, -0.05) is 55.5 Å². The zero-order valence-electron chi connectivity index (χ0n) is 15.9. The van der Waals surface area contributed by atoms with E-state index < -0.39 is 6.16 Å². The first-order valence-corrected chi connectivity index (χ1v) is 9.29. The molecule has 4 nitrogen and oxygen atoms in total. The van der Waals surface area contributed by atoms with Crippen LogP contribution >= 0.6 is 0 Å². The van der Waals surface area contributed by atoms with Crippen LogP contribution in [0.5, 0.6) is 0 Å². The van der Waals surface area contributed by atoms with E-state index in [1.165, 1.54) is 7.11 Å². The molecule has 0 aromatic carbocycles. The summed E-state index contributed by atoms with van der Waals surface area (Å²) in [7, 11) is 1.30. The van der Waals surface area contributed by atoms with Crippen molar-refractivity contribution < 1.29 is 19.1 Å². The lowest BCUT2D eigenvalue weighted by atomic mass is 9.97. The molecule has 0 spiro atoms. The molecule has 0 fully saturated rings. The molecule has 26 heavy (non-hydrogen) atoms. The summed E-state index contributed by atoms with van der Waals surface area (Å²) in [5.41, 5.74) is 0.858. The quantitative estimate of drug-likeness (QED) is 0.212. The molecular weight excluding hydrogens is 328 g/mol. The Labute approximate surface area is 156 Å². The fourth-order valence-electron chi connectivity index (χ4n) is 2.53. The van der Waals surface area contributed by atoms with E-state index in [2.05, 4.69) is 42.0 Å². The van der Waals surface area contributed by atoms with Crippen LogP contribution in [-0.4, -0.2) is 25.7 Å². The van der Waals surface area contributed by atoms with Gasteiger partial charge in [0.15, 0.2) is 5.78 Å². The number of rotatable bonds is 11. The molecule has 0 radical (unpaired) electrons. The molecule has 1 aliphatic carbocycles. The second kappa shape index (κ2) is 13.9. The van der Waals surface area contributed by atoms with Crippen LogP contribution in [0.15, 0.2) is 60.3 Å². The highest BCUT2D eigenvalue weighted by molar-refractivity contribution is 6.07. The summed E-state index contributed by atoms with van der Waals surface area (Å²) >= 11 is 0. The highest BCUT2D eigenvalue weighted by Gasteiger charge is 2.20. The number of carbonyl (C=O) groups excluding carboxylic acids is 2. The van der Waals surface area contributed by atoms with Gasteiger partial charge in [-0.2, -0.15) is 0 Å². The van der Waals surface area contributed by atoms with Crippen molar-refractivity contribution in [1.29, 1.82) is 0 Å².